The number of urea groups is 1. The first-order chi connectivity index (χ1) is 9.11. The number of hydrogen-bond acceptors (Lipinski definition) is 1. The van der Waals surface area contributed by atoms with Crippen molar-refractivity contribution in [3.63, 3.8) is 0 Å². The van der Waals surface area contributed by atoms with Gasteiger partial charge in [-0.3, -0.25) is 4.90 Å². The first-order valence-electron chi connectivity index (χ1n) is 5.67. The highest BCUT2D eigenvalue weighted by Gasteiger charge is 2.23. The van der Waals surface area contributed by atoms with Crippen molar-refractivity contribution in [2.75, 3.05) is 4.90 Å². The maximum atomic E-state index is 12.2. The first-order valence-corrected chi connectivity index (χ1v) is 6.35. The molecule has 0 bridgehead atoms. The van der Waals surface area contributed by atoms with Crippen LogP contribution in [0.25, 0.3) is 0 Å². The van der Waals surface area contributed by atoms with Crippen LogP contribution in [0.15, 0.2) is 54.6 Å². The van der Waals surface area contributed by atoms with Crippen LogP contribution in [0.2, 0.25) is 0 Å². The Morgan fingerprint density at radius 1 is 0.947 bits per heavy atom. The van der Waals surface area contributed by atoms with Crippen LogP contribution < -0.4 is 4.90 Å². The van der Waals surface area contributed by atoms with Gasteiger partial charge in [-0.25, -0.2) is 4.79 Å². The average molecular weight is 295 g/mol. The minimum absolute atomic E-state index is 0.524. The van der Waals surface area contributed by atoms with Crippen molar-refractivity contribution in [3.8, 4) is 0 Å². The van der Waals surface area contributed by atoms with Crippen LogP contribution in [0.4, 0.5) is 16.2 Å². The lowest BCUT2D eigenvalue weighted by atomic mass is 10.1. The third-order valence-electron chi connectivity index (χ3n) is 2.71. The maximum Gasteiger partial charge on any atom is 0.359 e. The molecular weight excluding hydrogens is 283 g/mol. The van der Waals surface area contributed by atoms with E-state index in [-0.39, 0.29) is 0 Å². The number of nitrogens with zero attached hydrogens (tertiary/aromatic N) is 2. The van der Waals surface area contributed by atoms with Crippen molar-refractivity contribution in [3.05, 3.63) is 60.2 Å². The van der Waals surface area contributed by atoms with Gasteiger partial charge in [0.15, 0.2) is 0 Å². The van der Waals surface area contributed by atoms with Gasteiger partial charge in [-0.2, -0.15) is 0 Å². The van der Waals surface area contributed by atoms with Crippen LogP contribution >= 0.6 is 23.6 Å². The molecule has 0 saturated carbocycles. The second-order valence-electron chi connectivity index (χ2n) is 3.97. The largest absolute Gasteiger partial charge is 0.359 e. The molecular formula is C14H12Cl2N2O. The maximum absolute atomic E-state index is 12.2. The lowest BCUT2D eigenvalue weighted by Gasteiger charge is -2.25. The van der Waals surface area contributed by atoms with Crippen LogP contribution in [0.3, 0.4) is 0 Å². The normalized spacial score (nSPS) is 10.1. The number of aryl methyl sites for hydroxylation is 1. The van der Waals surface area contributed by atoms with E-state index in [4.69, 9.17) is 23.6 Å². The molecule has 98 valence electrons. The van der Waals surface area contributed by atoms with Crippen molar-refractivity contribution in [2.45, 2.75) is 6.92 Å². The summed E-state index contributed by atoms with van der Waals surface area (Å²) in [6.45, 7) is 1.92. The molecule has 2 amide bonds. The lowest BCUT2D eigenvalue weighted by Crippen LogP contribution is -2.31. The average Bonchev–Trinajstić information content (AvgIpc) is 2.42. The van der Waals surface area contributed by atoms with E-state index in [0.29, 0.717) is 9.63 Å². The number of para-hydroxylation sites is 2. The van der Waals surface area contributed by atoms with Crippen LogP contribution in [0, 0.1) is 6.92 Å². The van der Waals surface area contributed by atoms with Crippen LogP contribution in [-0.4, -0.2) is 9.97 Å². The van der Waals surface area contributed by atoms with E-state index in [1.807, 2.05) is 61.5 Å². The standard InChI is InChI=1S/C14H12Cl2N2O/c1-11-7-5-6-10-13(11)17(14(19)18(15)16)12-8-3-2-4-9-12/h2-10H,1H3. The molecule has 0 radical (unpaired) electrons. The van der Waals surface area contributed by atoms with E-state index >= 15 is 0 Å². The number of amides is 2. The molecule has 0 aliphatic carbocycles. The number of carbonyl (C=O) groups excluding carboxylic acids is 1. The fraction of sp³-hybridized carbons (Fsp3) is 0.0714. The molecule has 2 aromatic carbocycles. The summed E-state index contributed by atoms with van der Waals surface area (Å²) in [4.78, 5) is 13.7. The van der Waals surface area contributed by atoms with Gasteiger partial charge in [0.1, 0.15) is 0 Å². The van der Waals surface area contributed by atoms with Crippen molar-refractivity contribution >= 4 is 41.0 Å². The molecule has 2 rings (SSSR count). The SMILES string of the molecule is Cc1ccccc1N(C(=O)N(Cl)Cl)c1ccccc1. The predicted molar refractivity (Wildman–Crippen MR) is 78.7 cm³/mol. The van der Waals surface area contributed by atoms with Crippen LogP contribution in [-0.2, 0) is 0 Å². The van der Waals surface area contributed by atoms with Gasteiger partial charge in [-0.05, 0) is 30.7 Å². The molecule has 3 nitrogen and oxygen atoms in total. The van der Waals surface area contributed by atoms with E-state index in [1.165, 1.54) is 4.90 Å². The first kappa shape index (κ1) is 13.7. The van der Waals surface area contributed by atoms with Crippen molar-refractivity contribution in [1.29, 1.82) is 0 Å². The van der Waals surface area contributed by atoms with Gasteiger partial charge in [0.25, 0.3) is 0 Å². The molecule has 0 heterocycles. The smallest absolute Gasteiger partial charge is 0.261 e. The van der Waals surface area contributed by atoms with Crippen LogP contribution in [0.1, 0.15) is 5.56 Å². The predicted octanol–water partition coefficient (Wildman–Crippen LogP) is 4.86. The zero-order valence-electron chi connectivity index (χ0n) is 10.3. The summed E-state index contributed by atoms with van der Waals surface area (Å²) in [6.07, 6.45) is 0. The number of carbonyl (C=O) groups is 1. The molecule has 5 heteroatoms. The van der Waals surface area contributed by atoms with E-state index in [2.05, 4.69) is 0 Å². The number of hydrogen-bond donors (Lipinski definition) is 0. The fourth-order valence-corrected chi connectivity index (χ4v) is 1.97. The Bertz CT molecular complexity index is 573. The quantitative estimate of drug-likeness (QED) is 0.725. The molecule has 0 unspecified atom stereocenters. The van der Waals surface area contributed by atoms with Gasteiger partial charge in [0.2, 0.25) is 0 Å². The van der Waals surface area contributed by atoms with Gasteiger partial charge < -0.3 is 0 Å². The topological polar surface area (TPSA) is 23.6 Å². The summed E-state index contributed by atoms with van der Waals surface area (Å²) < 4.78 is 0.527. The summed E-state index contributed by atoms with van der Waals surface area (Å²) in [5.74, 6) is 0. The van der Waals surface area contributed by atoms with Gasteiger partial charge >= 0.3 is 6.03 Å². The molecule has 0 N–H and O–H groups in total. The number of benzene rings is 2. The highest BCUT2D eigenvalue weighted by molar-refractivity contribution is 6.43. The third kappa shape index (κ3) is 3.00. The molecule has 2 aromatic rings. The monoisotopic (exact) mass is 294 g/mol. The molecule has 0 atom stereocenters. The van der Waals surface area contributed by atoms with E-state index < -0.39 is 6.03 Å². The Hall–Kier alpha value is -1.71. The molecule has 0 spiro atoms. The molecule has 19 heavy (non-hydrogen) atoms. The van der Waals surface area contributed by atoms with Gasteiger partial charge in [-0.15, -0.1) is 3.94 Å². The third-order valence-corrected chi connectivity index (χ3v) is 3.00. The zero-order chi connectivity index (χ0) is 13.8. The van der Waals surface area contributed by atoms with Gasteiger partial charge in [0.05, 0.1) is 11.4 Å². The Morgan fingerprint density at radius 3 is 2.11 bits per heavy atom. The Morgan fingerprint density at radius 2 is 1.53 bits per heavy atom. The van der Waals surface area contributed by atoms with Crippen molar-refractivity contribution < 1.29 is 4.79 Å². The van der Waals surface area contributed by atoms with E-state index in [9.17, 15) is 4.79 Å². The summed E-state index contributed by atoms with van der Waals surface area (Å²) in [5, 5.41) is 0. The molecule has 0 fully saturated rings. The lowest BCUT2D eigenvalue weighted by molar-refractivity contribution is 0.244. The molecule has 0 aromatic heterocycles. The second-order valence-corrected chi connectivity index (χ2v) is 4.82. The molecule has 0 saturated heterocycles. The second kappa shape index (κ2) is 5.95. The van der Waals surface area contributed by atoms with E-state index in [0.717, 1.165) is 11.3 Å². The Kier molecular flexibility index (Phi) is 4.30. The minimum Gasteiger partial charge on any atom is -0.261 e. The highest BCUT2D eigenvalue weighted by atomic mass is 35.5. The van der Waals surface area contributed by atoms with E-state index in [1.54, 1.807) is 0 Å². The van der Waals surface area contributed by atoms with Crippen LogP contribution in [0.5, 0.6) is 0 Å². The zero-order valence-corrected chi connectivity index (χ0v) is 11.8. The highest BCUT2D eigenvalue weighted by Crippen LogP contribution is 2.30. The Labute approximate surface area is 122 Å². The molecule has 0 aliphatic rings. The minimum atomic E-state index is -0.524. The summed E-state index contributed by atoms with van der Waals surface area (Å²) in [7, 11) is 0. The fourth-order valence-electron chi connectivity index (χ4n) is 1.82. The summed E-state index contributed by atoms with van der Waals surface area (Å²) in [5.41, 5.74) is 2.40. The van der Waals surface area contributed by atoms with Crippen molar-refractivity contribution in [1.82, 2.24) is 3.94 Å². The Balaban J connectivity index is 2.53. The van der Waals surface area contributed by atoms with Gasteiger partial charge in [0, 0.05) is 23.6 Å². The number of anilines is 2. The van der Waals surface area contributed by atoms with Crippen molar-refractivity contribution in [2.24, 2.45) is 0 Å². The number of rotatable bonds is 2. The summed E-state index contributed by atoms with van der Waals surface area (Å²) >= 11 is 11.2. The number of halogens is 2. The molecule has 0 aliphatic heterocycles. The summed E-state index contributed by atoms with van der Waals surface area (Å²) in [6, 6.07) is 16.2. The van der Waals surface area contributed by atoms with Gasteiger partial charge in [-0.1, -0.05) is 36.4 Å².